The molecule has 1 nitrogen and oxygen atoms in total. The first-order valence-electron chi connectivity index (χ1n) is 2.30. The normalized spacial score (nSPS) is 8.25. The Morgan fingerprint density at radius 2 is 2.25 bits per heavy atom. The standard InChI is InChI=1S/C6H8N.Ir/c1-6-4-3-5-7(6)2;/h3,5H,1-2H3;/q-1;. The Balaban J connectivity index is 0.000000490. The summed E-state index contributed by atoms with van der Waals surface area (Å²) in [6.45, 7) is 2.03. The van der Waals surface area contributed by atoms with Crippen LogP contribution in [0.1, 0.15) is 5.69 Å². The minimum Gasteiger partial charge on any atom is -0.448 e. The van der Waals surface area contributed by atoms with Crippen molar-refractivity contribution in [2.75, 3.05) is 0 Å². The van der Waals surface area contributed by atoms with Gasteiger partial charge in [-0.3, -0.25) is 0 Å². The summed E-state index contributed by atoms with van der Waals surface area (Å²) in [5.74, 6) is 0. The third-order valence-corrected chi connectivity index (χ3v) is 1.12. The predicted octanol–water partition coefficient (Wildman–Crippen LogP) is 1.13. The number of nitrogens with zero attached hydrogens (tertiary/aromatic N) is 1. The average Bonchev–Trinajstić information content (AvgIpc) is 1.91. The van der Waals surface area contributed by atoms with Gasteiger partial charge in [-0.15, -0.1) is 6.20 Å². The van der Waals surface area contributed by atoms with Crippen molar-refractivity contribution in [2.24, 2.45) is 7.05 Å². The summed E-state index contributed by atoms with van der Waals surface area (Å²) in [7, 11) is 2.01. The smallest absolute Gasteiger partial charge is 0 e. The van der Waals surface area contributed by atoms with E-state index in [1.807, 2.05) is 30.8 Å². The van der Waals surface area contributed by atoms with Crippen LogP contribution in [0, 0.1) is 13.0 Å². The average molecular weight is 286 g/mol. The van der Waals surface area contributed by atoms with Crippen molar-refractivity contribution in [2.45, 2.75) is 6.92 Å². The van der Waals surface area contributed by atoms with Gasteiger partial charge < -0.3 is 4.57 Å². The van der Waals surface area contributed by atoms with Crippen molar-refractivity contribution < 1.29 is 20.1 Å². The number of rotatable bonds is 0. The Kier molecular flexibility index (Phi) is 3.03. The van der Waals surface area contributed by atoms with E-state index >= 15 is 0 Å². The zero-order valence-electron chi connectivity index (χ0n) is 4.94. The molecule has 0 atom stereocenters. The molecule has 0 N–H and O–H groups in total. The van der Waals surface area contributed by atoms with Crippen LogP contribution in [0.2, 0.25) is 0 Å². The van der Waals surface area contributed by atoms with E-state index in [0.29, 0.717) is 0 Å². The molecule has 1 rings (SSSR count). The second-order valence-corrected chi connectivity index (χ2v) is 1.66. The van der Waals surface area contributed by atoms with Crippen molar-refractivity contribution in [1.82, 2.24) is 4.57 Å². The van der Waals surface area contributed by atoms with Crippen molar-refractivity contribution in [1.29, 1.82) is 0 Å². The molecule has 0 saturated heterocycles. The Hall–Kier alpha value is -0.0706. The summed E-state index contributed by atoms with van der Waals surface area (Å²) in [6.07, 6.45) is 1.98. The van der Waals surface area contributed by atoms with Crippen LogP contribution in [-0.4, -0.2) is 4.57 Å². The van der Waals surface area contributed by atoms with Gasteiger partial charge in [0.1, 0.15) is 0 Å². The number of hydrogen-bond donors (Lipinski definition) is 0. The molecule has 2 heteroatoms. The summed E-state index contributed by atoms with van der Waals surface area (Å²) in [6, 6.07) is 4.94. The van der Waals surface area contributed by atoms with Gasteiger partial charge in [-0.1, -0.05) is 5.69 Å². The summed E-state index contributed by atoms with van der Waals surface area (Å²) in [5, 5.41) is 0. The molecule has 1 aromatic rings. The molecule has 47 valence electrons. The maximum atomic E-state index is 3.03. The first kappa shape index (κ1) is 7.93. The van der Waals surface area contributed by atoms with Gasteiger partial charge in [-0.25, -0.2) is 12.1 Å². The monoisotopic (exact) mass is 287 g/mol. The molecule has 0 aliphatic rings. The molecule has 8 heavy (non-hydrogen) atoms. The molecule has 1 heterocycles. The van der Waals surface area contributed by atoms with Crippen molar-refractivity contribution in [3.63, 3.8) is 0 Å². The molecule has 1 radical (unpaired) electrons. The third kappa shape index (κ3) is 1.46. The minimum atomic E-state index is 0. The maximum Gasteiger partial charge on any atom is 0 e. The third-order valence-electron chi connectivity index (χ3n) is 1.12. The van der Waals surface area contributed by atoms with Crippen LogP contribution in [0.4, 0.5) is 0 Å². The van der Waals surface area contributed by atoms with Crippen LogP contribution in [0.5, 0.6) is 0 Å². The summed E-state index contributed by atoms with van der Waals surface area (Å²) in [5.41, 5.74) is 1.18. The van der Waals surface area contributed by atoms with E-state index in [1.165, 1.54) is 5.69 Å². The van der Waals surface area contributed by atoms with E-state index < -0.39 is 0 Å². The number of aryl methyl sites for hydroxylation is 2. The van der Waals surface area contributed by atoms with Crippen molar-refractivity contribution in [3.8, 4) is 0 Å². The van der Waals surface area contributed by atoms with Gasteiger partial charge in [-0.05, 0) is 14.0 Å². The van der Waals surface area contributed by atoms with Gasteiger partial charge in [-0.2, -0.15) is 0 Å². The van der Waals surface area contributed by atoms with Crippen LogP contribution in [0.25, 0.3) is 0 Å². The minimum absolute atomic E-state index is 0. The van der Waals surface area contributed by atoms with E-state index in [0.717, 1.165) is 0 Å². The molecule has 0 saturated carbocycles. The van der Waals surface area contributed by atoms with Gasteiger partial charge in [0.2, 0.25) is 0 Å². The Labute approximate surface area is 63.1 Å². The summed E-state index contributed by atoms with van der Waals surface area (Å²) < 4.78 is 2.03. The Morgan fingerprint density at radius 3 is 2.38 bits per heavy atom. The van der Waals surface area contributed by atoms with Gasteiger partial charge in [0.05, 0.1) is 0 Å². The van der Waals surface area contributed by atoms with E-state index in [2.05, 4.69) is 6.07 Å². The summed E-state index contributed by atoms with van der Waals surface area (Å²) >= 11 is 0. The largest absolute Gasteiger partial charge is 0.448 e. The fourth-order valence-corrected chi connectivity index (χ4v) is 0.483. The second kappa shape index (κ2) is 3.06. The van der Waals surface area contributed by atoms with Crippen LogP contribution in [-0.2, 0) is 27.2 Å². The predicted molar refractivity (Wildman–Crippen MR) is 29.0 cm³/mol. The molecule has 0 fully saturated rings. The summed E-state index contributed by atoms with van der Waals surface area (Å²) in [4.78, 5) is 0. The molecular formula is C6H8IrN-. The molecule has 0 aliphatic carbocycles. The topological polar surface area (TPSA) is 4.93 Å². The van der Waals surface area contributed by atoms with E-state index in [9.17, 15) is 0 Å². The SMILES string of the molecule is Cc1[c-]ccn1C.[Ir]. The fourth-order valence-electron chi connectivity index (χ4n) is 0.483. The number of aromatic nitrogens is 1. The number of hydrogen-bond acceptors (Lipinski definition) is 0. The Bertz CT molecular complexity index is 141. The van der Waals surface area contributed by atoms with Gasteiger partial charge >= 0.3 is 0 Å². The van der Waals surface area contributed by atoms with Crippen molar-refractivity contribution in [3.05, 3.63) is 24.0 Å². The molecule has 0 unspecified atom stereocenters. The van der Waals surface area contributed by atoms with E-state index in [1.54, 1.807) is 0 Å². The second-order valence-electron chi connectivity index (χ2n) is 1.66. The molecule has 0 amide bonds. The van der Waals surface area contributed by atoms with E-state index in [4.69, 9.17) is 0 Å². The quantitative estimate of drug-likeness (QED) is 0.630. The molecule has 0 bridgehead atoms. The molecule has 0 aromatic carbocycles. The Morgan fingerprint density at radius 1 is 1.62 bits per heavy atom. The van der Waals surface area contributed by atoms with Gasteiger partial charge in [0.15, 0.2) is 0 Å². The maximum absolute atomic E-state index is 3.03. The molecule has 1 aromatic heterocycles. The zero-order valence-corrected chi connectivity index (χ0v) is 7.33. The molecule has 0 spiro atoms. The van der Waals surface area contributed by atoms with Gasteiger partial charge in [0, 0.05) is 20.1 Å². The first-order chi connectivity index (χ1) is 3.30. The van der Waals surface area contributed by atoms with Gasteiger partial charge in [0.25, 0.3) is 0 Å². The van der Waals surface area contributed by atoms with E-state index in [-0.39, 0.29) is 20.1 Å². The zero-order chi connectivity index (χ0) is 5.28. The van der Waals surface area contributed by atoms with Crippen LogP contribution in [0.3, 0.4) is 0 Å². The van der Waals surface area contributed by atoms with Crippen molar-refractivity contribution >= 4 is 0 Å². The van der Waals surface area contributed by atoms with Crippen LogP contribution < -0.4 is 0 Å². The fraction of sp³-hybridized carbons (Fsp3) is 0.333. The van der Waals surface area contributed by atoms with Crippen LogP contribution in [0.15, 0.2) is 12.3 Å². The molecule has 0 aliphatic heterocycles. The molecular weight excluding hydrogens is 278 g/mol. The van der Waals surface area contributed by atoms with Crippen LogP contribution >= 0.6 is 0 Å². The first-order valence-corrected chi connectivity index (χ1v) is 2.30.